The average Bonchev–Trinajstić information content (AvgIpc) is 3.19. The number of aromatic hydroxyl groups is 1. The van der Waals surface area contributed by atoms with Crippen molar-refractivity contribution in [3.63, 3.8) is 0 Å². The molecule has 0 fully saturated rings. The number of nitrogens with zero attached hydrogens (tertiary/aromatic N) is 2. The molecule has 0 spiro atoms. The number of amides is 2. The normalized spacial score (nSPS) is 10.8. The van der Waals surface area contributed by atoms with Gasteiger partial charge in [0.05, 0.1) is 22.3 Å². The zero-order chi connectivity index (χ0) is 22.5. The number of pyridine rings is 1. The summed E-state index contributed by atoms with van der Waals surface area (Å²) in [5, 5.41) is 19.7. The first-order chi connectivity index (χ1) is 15.5. The van der Waals surface area contributed by atoms with Crippen LogP contribution in [0.1, 0.15) is 32.8 Å². The third-order valence-corrected chi connectivity index (χ3v) is 4.96. The second-order valence-corrected chi connectivity index (χ2v) is 7.28. The summed E-state index contributed by atoms with van der Waals surface area (Å²) >= 11 is 0. The lowest BCUT2D eigenvalue weighted by Crippen LogP contribution is -2.30. The van der Waals surface area contributed by atoms with Crippen molar-refractivity contribution in [3.05, 3.63) is 77.5 Å². The van der Waals surface area contributed by atoms with E-state index < -0.39 is 0 Å². The molecule has 0 saturated heterocycles. The van der Waals surface area contributed by atoms with Gasteiger partial charge in [-0.1, -0.05) is 41.6 Å². The van der Waals surface area contributed by atoms with Gasteiger partial charge in [-0.3, -0.25) is 9.59 Å². The van der Waals surface area contributed by atoms with Gasteiger partial charge < -0.3 is 20.3 Å². The largest absolute Gasteiger partial charge is 0.508 e. The van der Waals surface area contributed by atoms with Gasteiger partial charge in [0.2, 0.25) is 0 Å². The SMILES string of the molecule is Cc1noc2nc(-c3ccccc3)cc(C(=O)NCCCNC(=O)c3cccc(O)c3)c12. The van der Waals surface area contributed by atoms with Crippen LogP contribution in [0.5, 0.6) is 5.75 Å². The Labute approximate surface area is 184 Å². The van der Waals surface area contributed by atoms with Crippen molar-refractivity contribution in [2.75, 3.05) is 13.1 Å². The number of benzene rings is 2. The van der Waals surface area contributed by atoms with E-state index in [1.54, 1.807) is 25.1 Å². The van der Waals surface area contributed by atoms with Crippen LogP contribution in [0.15, 0.2) is 65.2 Å². The minimum absolute atomic E-state index is 0.0347. The topological polar surface area (TPSA) is 117 Å². The standard InChI is InChI=1S/C24H22N4O4/c1-15-21-19(14-20(27-24(21)32-28-15)16-7-3-2-4-8-16)23(31)26-12-6-11-25-22(30)17-9-5-10-18(29)13-17/h2-5,7-10,13-14,29H,6,11-12H2,1H3,(H,25,30)(H,26,31). The molecule has 0 aliphatic heterocycles. The summed E-state index contributed by atoms with van der Waals surface area (Å²) < 4.78 is 5.32. The number of hydrogen-bond acceptors (Lipinski definition) is 6. The van der Waals surface area contributed by atoms with Crippen LogP contribution in [-0.2, 0) is 0 Å². The second-order valence-electron chi connectivity index (χ2n) is 7.28. The highest BCUT2D eigenvalue weighted by molar-refractivity contribution is 6.07. The summed E-state index contributed by atoms with van der Waals surface area (Å²) in [4.78, 5) is 29.5. The van der Waals surface area contributed by atoms with Gasteiger partial charge in [0, 0.05) is 24.2 Å². The minimum Gasteiger partial charge on any atom is -0.508 e. The molecule has 4 aromatic rings. The van der Waals surface area contributed by atoms with Gasteiger partial charge in [0.1, 0.15) is 5.75 Å². The van der Waals surface area contributed by atoms with E-state index >= 15 is 0 Å². The summed E-state index contributed by atoms with van der Waals surface area (Å²) in [5.74, 6) is -0.511. The zero-order valence-corrected chi connectivity index (χ0v) is 17.5. The molecule has 0 atom stereocenters. The molecule has 0 bridgehead atoms. The number of phenolic OH excluding ortho intramolecular Hbond substituents is 1. The van der Waals surface area contributed by atoms with Gasteiger partial charge >= 0.3 is 0 Å². The predicted molar refractivity (Wildman–Crippen MR) is 119 cm³/mol. The maximum absolute atomic E-state index is 12.9. The van der Waals surface area contributed by atoms with Crippen molar-refractivity contribution < 1.29 is 19.2 Å². The number of rotatable bonds is 7. The fraction of sp³-hybridized carbons (Fsp3) is 0.167. The van der Waals surface area contributed by atoms with Gasteiger partial charge in [-0.05, 0) is 37.6 Å². The summed E-state index contributed by atoms with van der Waals surface area (Å²) in [6.45, 7) is 2.51. The maximum Gasteiger partial charge on any atom is 0.259 e. The molecular formula is C24H22N4O4. The lowest BCUT2D eigenvalue weighted by atomic mass is 10.1. The summed E-state index contributed by atoms with van der Waals surface area (Å²) in [5.41, 5.74) is 3.22. The number of aryl methyl sites for hydroxylation is 1. The number of hydrogen-bond donors (Lipinski definition) is 3. The third kappa shape index (κ3) is 4.59. The highest BCUT2D eigenvalue weighted by Gasteiger charge is 2.19. The molecule has 2 aromatic carbocycles. The van der Waals surface area contributed by atoms with Gasteiger partial charge in [0.15, 0.2) is 0 Å². The summed E-state index contributed by atoms with van der Waals surface area (Å²) in [6, 6.07) is 17.4. The Bertz CT molecular complexity index is 1270. The van der Waals surface area contributed by atoms with E-state index in [0.717, 1.165) is 5.56 Å². The van der Waals surface area contributed by atoms with Crippen LogP contribution in [0.4, 0.5) is 0 Å². The van der Waals surface area contributed by atoms with Gasteiger partial charge in [-0.2, -0.15) is 0 Å². The number of carbonyl (C=O) groups is 2. The molecule has 2 heterocycles. The summed E-state index contributed by atoms with van der Waals surface area (Å²) in [6.07, 6.45) is 0.540. The van der Waals surface area contributed by atoms with E-state index in [0.29, 0.717) is 53.1 Å². The first-order valence-corrected chi connectivity index (χ1v) is 10.2. The lowest BCUT2D eigenvalue weighted by molar-refractivity contribution is 0.0952. The van der Waals surface area contributed by atoms with Gasteiger partial charge in [0.25, 0.3) is 17.5 Å². The van der Waals surface area contributed by atoms with Gasteiger partial charge in [-0.25, -0.2) is 4.98 Å². The van der Waals surface area contributed by atoms with Crippen molar-refractivity contribution >= 4 is 22.9 Å². The number of aromatic nitrogens is 2. The van der Waals surface area contributed by atoms with E-state index in [1.807, 2.05) is 30.3 Å². The van der Waals surface area contributed by atoms with Crippen molar-refractivity contribution in [3.8, 4) is 17.0 Å². The number of nitrogens with one attached hydrogen (secondary N) is 2. The Kier molecular flexibility index (Phi) is 6.12. The smallest absolute Gasteiger partial charge is 0.259 e. The van der Waals surface area contributed by atoms with Crippen molar-refractivity contribution in [1.29, 1.82) is 0 Å². The quantitative estimate of drug-likeness (QED) is 0.387. The third-order valence-electron chi connectivity index (χ3n) is 4.96. The second kappa shape index (κ2) is 9.30. The van der Waals surface area contributed by atoms with Crippen molar-refractivity contribution in [2.24, 2.45) is 0 Å². The van der Waals surface area contributed by atoms with Crippen LogP contribution < -0.4 is 10.6 Å². The van der Waals surface area contributed by atoms with Crippen LogP contribution in [-0.4, -0.2) is 40.2 Å². The van der Waals surface area contributed by atoms with E-state index in [4.69, 9.17) is 4.52 Å². The molecule has 0 aliphatic rings. The molecule has 8 heteroatoms. The molecular weight excluding hydrogens is 408 g/mol. The van der Waals surface area contributed by atoms with Crippen LogP contribution >= 0.6 is 0 Å². The lowest BCUT2D eigenvalue weighted by Gasteiger charge is -2.09. The average molecular weight is 430 g/mol. The van der Waals surface area contributed by atoms with Crippen LogP contribution in [0.25, 0.3) is 22.4 Å². The monoisotopic (exact) mass is 430 g/mol. The molecule has 0 radical (unpaired) electrons. The molecule has 0 aliphatic carbocycles. The van der Waals surface area contributed by atoms with Crippen LogP contribution in [0.3, 0.4) is 0 Å². The molecule has 162 valence electrons. The fourth-order valence-corrected chi connectivity index (χ4v) is 3.37. The molecule has 0 unspecified atom stereocenters. The highest BCUT2D eigenvalue weighted by Crippen LogP contribution is 2.26. The first kappa shape index (κ1) is 21.0. The van der Waals surface area contributed by atoms with Crippen molar-refractivity contribution in [1.82, 2.24) is 20.8 Å². The Hall–Kier alpha value is -4.20. The Morgan fingerprint density at radius 2 is 1.72 bits per heavy atom. The molecule has 3 N–H and O–H groups in total. The minimum atomic E-state index is -0.282. The van der Waals surface area contributed by atoms with E-state index in [2.05, 4.69) is 20.8 Å². The molecule has 2 amide bonds. The zero-order valence-electron chi connectivity index (χ0n) is 17.5. The molecule has 0 saturated carbocycles. The van der Waals surface area contributed by atoms with Crippen molar-refractivity contribution in [2.45, 2.75) is 13.3 Å². The predicted octanol–water partition coefficient (Wildman–Crippen LogP) is 3.45. The maximum atomic E-state index is 12.9. The summed E-state index contributed by atoms with van der Waals surface area (Å²) in [7, 11) is 0. The van der Waals surface area contributed by atoms with E-state index in [1.165, 1.54) is 12.1 Å². The Balaban J connectivity index is 1.40. The molecule has 4 rings (SSSR count). The first-order valence-electron chi connectivity index (χ1n) is 10.2. The number of carbonyl (C=O) groups excluding carboxylic acids is 2. The van der Waals surface area contributed by atoms with Crippen LogP contribution in [0.2, 0.25) is 0 Å². The van der Waals surface area contributed by atoms with E-state index in [-0.39, 0.29) is 17.6 Å². The van der Waals surface area contributed by atoms with E-state index in [9.17, 15) is 14.7 Å². The van der Waals surface area contributed by atoms with Crippen LogP contribution in [0, 0.1) is 6.92 Å². The number of phenols is 1. The molecule has 32 heavy (non-hydrogen) atoms. The molecule has 8 nitrogen and oxygen atoms in total. The number of fused-ring (bicyclic) bond motifs is 1. The van der Waals surface area contributed by atoms with Gasteiger partial charge in [-0.15, -0.1) is 0 Å². The Morgan fingerprint density at radius 3 is 2.47 bits per heavy atom. The molecule has 2 aromatic heterocycles. The Morgan fingerprint density at radius 1 is 0.969 bits per heavy atom. The fourth-order valence-electron chi connectivity index (χ4n) is 3.37. The highest BCUT2D eigenvalue weighted by atomic mass is 16.5.